The summed E-state index contributed by atoms with van der Waals surface area (Å²) in [5, 5.41) is 22.1. The molecule has 2 aliphatic rings. The molecule has 1 aromatic rings. The highest BCUT2D eigenvalue weighted by Gasteiger charge is 2.34. The predicted octanol–water partition coefficient (Wildman–Crippen LogP) is 3.68. The smallest absolute Gasteiger partial charge is 0.325 e. The van der Waals surface area contributed by atoms with Gasteiger partial charge in [-0.15, -0.1) is 21.8 Å². The molecule has 1 aromatic heterocycles. The van der Waals surface area contributed by atoms with Gasteiger partial charge in [-0.2, -0.15) is 0 Å². The number of amides is 2. The summed E-state index contributed by atoms with van der Waals surface area (Å²) in [4.78, 5) is 13.2. The lowest BCUT2D eigenvalue weighted by Crippen LogP contribution is -2.52. The van der Waals surface area contributed by atoms with E-state index in [-0.39, 0.29) is 10.9 Å². The van der Waals surface area contributed by atoms with E-state index < -0.39 is 6.23 Å². The van der Waals surface area contributed by atoms with Crippen molar-refractivity contribution in [2.45, 2.75) is 76.3 Å². The fraction of sp³-hybridized carbons (Fsp3) is 0.812. The van der Waals surface area contributed by atoms with Crippen LogP contribution in [0.3, 0.4) is 0 Å². The van der Waals surface area contributed by atoms with E-state index in [4.69, 9.17) is 11.6 Å². The van der Waals surface area contributed by atoms with Crippen LogP contribution in [0, 0.1) is 0 Å². The maximum atomic E-state index is 11.7. The molecule has 1 saturated heterocycles. The van der Waals surface area contributed by atoms with Crippen LogP contribution in [-0.2, 0) is 6.42 Å². The maximum Gasteiger partial charge on any atom is 0.325 e. The third-order valence-electron chi connectivity index (χ3n) is 4.04. The second-order valence-electron chi connectivity index (χ2n) is 6.57. The maximum absolute atomic E-state index is 11.7. The Bertz CT molecular complexity index is 532. The van der Waals surface area contributed by atoms with Crippen molar-refractivity contribution < 1.29 is 9.90 Å². The van der Waals surface area contributed by atoms with Crippen molar-refractivity contribution in [3.05, 3.63) is 5.01 Å². The third-order valence-corrected chi connectivity index (χ3v) is 5.40. The summed E-state index contributed by atoms with van der Waals surface area (Å²) in [5.74, 6) is 0. The average Bonchev–Trinajstić information content (AvgIpc) is 3.04. The highest BCUT2D eigenvalue weighted by atomic mass is 35.5. The van der Waals surface area contributed by atoms with Crippen molar-refractivity contribution >= 4 is 34.1 Å². The third kappa shape index (κ3) is 6.18. The van der Waals surface area contributed by atoms with E-state index in [0.29, 0.717) is 18.1 Å². The molecule has 3 rings (SSSR count). The molecule has 6 nitrogen and oxygen atoms in total. The normalized spacial score (nSPS) is 21.8. The van der Waals surface area contributed by atoms with Gasteiger partial charge in [0, 0.05) is 24.3 Å². The van der Waals surface area contributed by atoms with Crippen molar-refractivity contribution in [1.82, 2.24) is 15.5 Å². The number of nitrogens with zero attached hydrogens (tertiary/aromatic N) is 3. The quantitative estimate of drug-likeness (QED) is 0.588. The number of anilines is 1. The molecule has 136 valence electrons. The predicted molar refractivity (Wildman–Crippen MR) is 97.7 cm³/mol. The van der Waals surface area contributed by atoms with Crippen LogP contribution in [0.25, 0.3) is 0 Å². The van der Waals surface area contributed by atoms with Crippen molar-refractivity contribution in [1.29, 1.82) is 0 Å². The number of urea groups is 1. The molecule has 1 aliphatic heterocycles. The lowest BCUT2D eigenvalue weighted by atomic mass is 10.2. The van der Waals surface area contributed by atoms with E-state index in [9.17, 15) is 9.90 Å². The fourth-order valence-electron chi connectivity index (χ4n) is 2.19. The molecule has 24 heavy (non-hydrogen) atoms. The van der Waals surface area contributed by atoms with Gasteiger partial charge in [0.15, 0.2) is 0 Å². The van der Waals surface area contributed by atoms with E-state index in [1.165, 1.54) is 48.3 Å². The van der Waals surface area contributed by atoms with Gasteiger partial charge in [-0.1, -0.05) is 37.5 Å². The number of nitrogens with one attached hydrogen (secondary N) is 1. The molecule has 1 atom stereocenters. The molecule has 0 spiro atoms. The number of alkyl halides is 1. The number of aliphatic hydroxyl groups is 1. The molecule has 2 N–H and O–H groups in total. The number of unbranched alkanes of at least 4 members (excludes halogenated alkanes) is 3. The second kappa shape index (κ2) is 8.97. The Morgan fingerprint density at radius 1 is 1.38 bits per heavy atom. The minimum Gasteiger partial charge on any atom is -0.373 e. The Kier molecular flexibility index (Phi) is 7.25. The number of aliphatic hydroxyl groups excluding tert-OH is 1. The Morgan fingerprint density at radius 2 is 2.08 bits per heavy atom. The van der Waals surface area contributed by atoms with Gasteiger partial charge < -0.3 is 10.4 Å². The first kappa shape index (κ1) is 19.4. The van der Waals surface area contributed by atoms with Crippen molar-refractivity contribution in [3.63, 3.8) is 0 Å². The lowest BCUT2D eigenvalue weighted by molar-refractivity contribution is 0.145. The number of carbonyl (C=O) groups is 1. The molecular weight excluding hydrogens is 348 g/mol. The molecule has 2 heterocycles. The van der Waals surface area contributed by atoms with Gasteiger partial charge in [0.05, 0.1) is 0 Å². The first-order valence-electron chi connectivity index (χ1n) is 8.69. The van der Waals surface area contributed by atoms with Gasteiger partial charge in [-0.3, -0.25) is 0 Å². The minimum atomic E-state index is -0.797. The zero-order valence-corrected chi connectivity index (χ0v) is 16.0. The topological polar surface area (TPSA) is 78.4 Å². The summed E-state index contributed by atoms with van der Waals surface area (Å²) in [6.07, 6.45) is 7.77. The molecule has 1 saturated carbocycles. The highest BCUT2D eigenvalue weighted by molar-refractivity contribution is 7.15. The van der Waals surface area contributed by atoms with Crippen LogP contribution in [0.4, 0.5) is 9.93 Å². The molecule has 0 aromatic carbocycles. The largest absolute Gasteiger partial charge is 0.373 e. The summed E-state index contributed by atoms with van der Waals surface area (Å²) in [7, 11) is 0. The standard InChI is InChI=1S/C12H20N4O2S.C4H7Cl/c1-2-3-4-5-6-9-14-15-12(19-9)16-10(17)7-8-13-11(16)18;1-4(5)2-3-4/h10,17H,2-8H2,1H3,(H,13,18);2-3H2,1H3. The number of halogens is 1. The zero-order valence-electron chi connectivity index (χ0n) is 14.4. The van der Waals surface area contributed by atoms with Gasteiger partial charge in [0.25, 0.3) is 0 Å². The number of rotatable bonds is 6. The Hall–Kier alpha value is -0.920. The van der Waals surface area contributed by atoms with Crippen molar-refractivity contribution in [2.75, 3.05) is 11.4 Å². The van der Waals surface area contributed by atoms with Crippen LogP contribution < -0.4 is 10.2 Å². The molecule has 1 aliphatic carbocycles. The Labute approximate surface area is 152 Å². The number of hydrogen-bond acceptors (Lipinski definition) is 5. The van der Waals surface area contributed by atoms with Crippen molar-refractivity contribution in [3.8, 4) is 0 Å². The van der Waals surface area contributed by atoms with Gasteiger partial charge >= 0.3 is 6.03 Å². The van der Waals surface area contributed by atoms with Crippen LogP contribution in [0.5, 0.6) is 0 Å². The molecular formula is C16H27ClN4O2S. The summed E-state index contributed by atoms with van der Waals surface area (Å²) >= 11 is 7.03. The van der Waals surface area contributed by atoms with E-state index in [0.717, 1.165) is 17.8 Å². The van der Waals surface area contributed by atoms with Gasteiger partial charge in [0.1, 0.15) is 11.2 Å². The summed E-state index contributed by atoms with van der Waals surface area (Å²) in [5.41, 5.74) is 0. The van der Waals surface area contributed by atoms with Crippen LogP contribution in [0.1, 0.15) is 63.8 Å². The van der Waals surface area contributed by atoms with Gasteiger partial charge in [0.2, 0.25) is 5.13 Å². The van der Waals surface area contributed by atoms with E-state index in [1.54, 1.807) is 0 Å². The molecule has 0 radical (unpaired) electrons. The second-order valence-corrected chi connectivity index (χ2v) is 8.53. The molecule has 0 bridgehead atoms. The van der Waals surface area contributed by atoms with Crippen LogP contribution in [0.2, 0.25) is 0 Å². The van der Waals surface area contributed by atoms with Crippen LogP contribution in [0.15, 0.2) is 0 Å². The molecule has 1 unspecified atom stereocenters. The van der Waals surface area contributed by atoms with E-state index in [2.05, 4.69) is 29.4 Å². The number of aryl methyl sites for hydroxylation is 1. The van der Waals surface area contributed by atoms with Gasteiger partial charge in [-0.05, 0) is 26.2 Å². The van der Waals surface area contributed by atoms with E-state index >= 15 is 0 Å². The van der Waals surface area contributed by atoms with E-state index in [1.807, 2.05) is 0 Å². The number of aromatic nitrogens is 2. The average molecular weight is 375 g/mol. The number of hydrogen-bond donors (Lipinski definition) is 2. The summed E-state index contributed by atoms with van der Waals surface area (Å²) in [6.45, 7) is 4.74. The monoisotopic (exact) mass is 374 g/mol. The fourth-order valence-corrected chi connectivity index (χ4v) is 3.21. The lowest BCUT2D eigenvalue weighted by Gasteiger charge is -2.29. The first-order valence-corrected chi connectivity index (χ1v) is 9.89. The Morgan fingerprint density at radius 3 is 2.67 bits per heavy atom. The summed E-state index contributed by atoms with van der Waals surface area (Å²) in [6, 6.07) is -0.299. The molecule has 8 heteroatoms. The summed E-state index contributed by atoms with van der Waals surface area (Å²) < 4.78 is 0. The van der Waals surface area contributed by atoms with Crippen LogP contribution >= 0.6 is 22.9 Å². The van der Waals surface area contributed by atoms with Crippen LogP contribution in [-0.4, -0.2) is 39.0 Å². The SMILES string of the molecule is CC1(Cl)CC1.CCCCCCc1nnc(N2C(=O)NCCC2O)s1. The van der Waals surface area contributed by atoms with Crippen molar-refractivity contribution in [2.24, 2.45) is 0 Å². The zero-order chi connectivity index (χ0) is 17.6. The molecule has 2 amide bonds. The Balaban J connectivity index is 0.000000355. The molecule has 2 fully saturated rings. The highest BCUT2D eigenvalue weighted by Crippen LogP contribution is 2.41. The van der Waals surface area contributed by atoms with Gasteiger partial charge in [-0.25, -0.2) is 9.69 Å². The number of carbonyl (C=O) groups excluding carboxylic acids is 1. The minimum absolute atomic E-state index is 0.222. The first-order chi connectivity index (χ1) is 11.4.